The second-order valence-electron chi connectivity index (χ2n) is 4.88. The number of nitrogens with one attached hydrogen (secondary N) is 1. The predicted molar refractivity (Wildman–Crippen MR) is 83.3 cm³/mol. The first kappa shape index (κ1) is 15.5. The molecular weight excluding hydrogens is 282 g/mol. The Labute approximate surface area is 128 Å². The van der Waals surface area contributed by atoms with Gasteiger partial charge in [-0.2, -0.15) is 0 Å². The maximum Gasteiger partial charge on any atom is 0.338 e. The van der Waals surface area contributed by atoms with Crippen molar-refractivity contribution in [3.05, 3.63) is 53.7 Å². The Morgan fingerprint density at radius 3 is 2.55 bits per heavy atom. The molecule has 1 amide bonds. The van der Waals surface area contributed by atoms with Crippen molar-refractivity contribution in [3.63, 3.8) is 0 Å². The van der Waals surface area contributed by atoms with Crippen molar-refractivity contribution in [1.29, 1.82) is 0 Å². The molecule has 0 bridgehead atoms. The highest BCUT2D eigenvalue weighted by molar-refractivity contribution is 5.96. The average molecular weight is 299 g/mol. The lowest BCUT2D eigenvalue weighted by Crippen LogP contribution is -2.30. The smallest absolute Gasteiger partial charge is 0.338 e. The predicted octanol–water partition coefficient (Wildman–Crippen LogP) is 2.16. The lowest BCUT2D eigenvalue weighted by Gasteiger charge is -2.13. The third-order valence-electron chi connectivity index (χ3n) is 2.97. The topological polar surface area (TPSA) is 94.3 Å². The van der Waals surface area contributed by atoms with Gasteiger partial charge >= 0.3 is 5.97 Å². The molecule has 0 fully saturated rings. The first-order chi connectivity index (χ1) is 10.5. The van der Waals surface area contributed by atoms with E-state index in [4.69, 9.17) is 10.5 Å². The molecule has 22 heavy (non-hydrogen) atoms. The summed E-state index contributed by atoms with van der Waals surface area (Å²) in [5.74, 6) is -0.609. The molecule has 2 aromatic rings. The van der Waals surface area contributed by atoms with E-state index < -0.39 is 18.0 Å². The van der Waals surface area contributed by atoms with Gasteiger partial charge in [0.25, 0.3) is 5.91 Å². The van der Waals surface area contributed by atoms with E-state index in [1.54, 1.807) is 36.5 Å². The van der Waals surface area contributed by atoms with Crippen LogP contribution in [0.15, 0.2) is 42.6 Å². The number of nitrogens with zero attached hydrogens (tertiary/aromatic N) is 1. The quantitative estimate of drug-likeness (QED) is 0.666. The highest BCUT2D eigenvalue weighted by Gasteiger charge is 2.19. The summed E-state index contributed by atoms with van der Waals surface area (Å²) in [5.41, 5.74) is 7.41. The van der Waals surface area contributed by atoms with Crippen LogP contribution in [0, 0.1) is 6.92 Å². The van der Waals surface area contributed by atoms with Crippen molar-refractivity contribution in [2.24, 2.45) is 0 Å². The number of hydrogen-bond donors (Lipinski definition) is 2. The number of aromatic nitrogens is 1. The Balaban J connectivity index is 1.96. The molecule has 6 heteroatoms. The monoisotopic (exact) mass is 299 g/mol. The van der Waals surface area contributed by atoms with Gasteiger partial charge in [0.15, 0.2) is 6.10 Å². The molecule has 1 unspecified atom stereocenters. The summed E-state index contributed by atoms with van der Waals surface area (Å²) >= 11 is 0. The van der Waals surface area contributed by atoms with Gasteiger partial charge < -0.3 is 15.8 Å². The van der Waals surface area contributed by atoms with Gasteiger partial charge in [-0.15, -0.1) is 0 Å². The van der Waals surface area contributed by atoms with Crippen molar-refractivity contribution < 1.29 is 14.3 Å². The van der Waals surface area contributed by atoms with E-state index in [9.17, 15) is 9.59 Å². The molecule has 0 saturated heterocycles. The molecule has 2 rings (SSSR count). The standard InChI is InChI=1S/C16H17N3O3/c1-10-7-8-18-14(9-10)19-15(20)11(2)22-16(21)12-3-5-13(17)6-4-12/h3-9,11H,17H2,1-2H3,(H,18,19,20). The normalized spacial score (nSPS) is 11.5. The van der Waals surface area contributed by atoms with Gasteiger partial charge in [-0.3, -0.25) is 4.79 Å². The molecular formula is C16H17N3O3. The van der Waals surface area contributed by atoms with E-state index in [2.05, 4.69) is 10.3 Å². The summed E-state index contributed by atoms with van der Waals surface area (Å²) in [6.45, 7) is 3.39. The van der Waals surface area contributed by atoms with Crippen LogP contribution < -0.4 is 11.1 Å². The number of rotatable bonds is 4. The summed E-state index contributed by atoms with van der Waals surface area (Å²) in [4.78, 5) is 27.9. The molecule has 0 aliphatic heterocycles. The van der Waals surface area contributed by atoms with Crippen molar-refractivity contribution in [3.8, 4) is 0 Å². The van der Waals surface area contributed by atoms with Crippen LogP contribution in [0.4, 0.5) is 11.5 Å². The van der Waals surface area contributed by atoms with Crippen molar-refractivity contribution in [2.75, 3.05) is 11.1 Å². The second-order valence-corrected chi connectivity index (χ2v) is 4.88. The fourth-order valence-electron chi connectivity index (χ4n) is 1.73. The van der Waals surface area contributed by atoms with E-state index in [1.165, 1.54) is 6.92 Å². The molecule has 0 aliphatic carbocycles. The van der Waals surface area contributed by atoms with Crippen LogP contribution in [-0.4, -0.2) is 23.0 Å². The molecule has 1 heterocycles. The highest BCUT2D eigenvalue weighted by atomic mass is 16.5. The number of ether oxygens (including phenoxy) is 1. The van der Waals surface area contributed by atoms with Crippen molar-refractivity contribution >= 4 is 23.4 Å². The van der Waals surface area contributed by atoms with Gasteiger partial charge in [-0.05, 0) is 55.8 Å². The van der Waals surface area contributed by atoms with Crippen LogP contribution in [-0.2, 0) is 9.53 Å². The van der Waals surface area contributed by atoms with E-state index in [1.807, 2.05) is 13.0 Å². The van der Waals surface area contributed by atoms with Gasteiger partial charge in [0.2, 0.25) is 0 Å². The Kier molecular flexibility index (Phi) is 4.73. The number of aryl methyl sites for hydroxylation is 1. The molecule has 1 aromatic carbocycles. The molecule has 0 saturated carbocycles. The maximum atomic E-state index is 12.0. The lowest BCUT2D eigenvalue weighted by molar-refractivity contribution is -0.123. The van der Waals surface area contributed by atoms with Gasteiger partial charge in [0.1, 0.15) is 5.82 Å². The third-order valence-corrected chi connectivity index (χ3v) is 2.97. The van der Waals surface area contributed by atoms with Gasteiger partial charge in [-0.1, -0.05) is 0 Å². The van der Waals surface area contributed by atoms with Crippen molar-refractivity contribution in [2.45, 2.75) is 20.0 Å². The number of esters is 1. The Bertz CT molecular complexity index is 683. The fourth-order valence-corrected chi connectivity index (χ4v) is 1.73. The summed E-state index contributed by atoms with van der Waals surface area (Å²) in [6, 6.07) is 9.83. The maximum absolute atomic E-state index is 12.0. The van der Waals surface area contributed by atoms with Crippen molar-refractivity contribution in [1.82, 2.24) is 4.98 Å². The molecule has 0 spiro atoms. The summed E-state index contributed by atoms with van der Waals surface area (Å²) < 4.78 is 5.12. The van der Waals surface area contributed by atoms with Gasteiger partial charge in [0.05, 0.1) is 5.56 Å². The number of nitrogen functional groups attached to an aromatic ring is 1. The van der Waals surface area contributed by atoms with E-state index >= 15 is 0 Å². The summed E-state index contributed by atoms with van der Waals surface area (Å²) in [7, 11) is 0. The number of anilines is 2. The number of pyridine rings is 1. The van der Waals surface area contributed by atoms with E-state index in [-0.39, 0.29) is 0 Å². The largest absolute Gasteiger partial charge is 0.449 e. The number of benzene rings is 1. The zero-order chi connectivity index (χ0) is 16.1. The van der Waals surface area contributed by atoms with Crippen LogP contribution >= 0.6 is 0 Å². The first-order valence-electron chi connectivity index (χ1n) is 6.76. The van der Waals surface area contributed by atoms with Gasteiger partial charge in [-0.25, -0.2) is 9.78 Å². The summed E-state index contributed by atoms with van der Waals surface area (Å²) in [5, 5.41) is 2.60. The van der Waals surface area contributed by atoms with E-state index in [0.717, 1.165) is 5.56 Å². The zero-order valence-electron chi connectivity index (χ0n) is 12.4. The van der Waals surface area contributed by atoms with Crippen LogP contribution in [0.5, 0.6) is 0 Å². The Morgan fingerprint density at radius 1 is 1.23 bits per heavy atom. The summed E-state index contributed by atoms with van der Waals surface area (Å²) in [6.07, 6.45) is 0.656. The number of hydrogen-bond acceptors (Lipinski definition) is 5. The number of carbonyl (C=O) groups is 2. The van der Waals surface area contributed by atoms with Gasteiger partial charge in [0, 0.05) is 11.9 Å². The zero-order valence-corrected chi connectivity index (χ0v) is 12.4. The third kappa shape index (κ3) is 4.05. The molecule has 1 aromatic heterocycles. The molecule has 6 nitrogen and oxygen atoms in total. The Hall–Kier alpha value is -2.89. The molecule has 0 aliphatic rings. The average Bonchev–Trinajstić information content (AvgIpc) is 2.47. The second kappa shape index (κ2) is 6.71. The lowest BCUT2D eigenvalue weighted by atomic mass is 10.2. The van der Waals surface area contributed by atoms with Crippen LogP contribution in [0.25, 0.3) is 0 Å². The molecule has 3 N–H and O–H groups in total. The molecule has 0 radical (unpaired) electrons. The van der Waals surface area contributed by atoms with Crippen LogP contribution in [0.3, 0.4) is 0 Å². The first-order valence-corrected chi connectivity index (χ1v) is 6.76. The van der Waals surface area contributed by atoms with E-state index in [0.29, 0.717) is 17.1 Å². The fraction of sp³-hybridized carbons (Fsp3) is 0.188. The highest BCUT2D eigenvalue weighted by Crippen LogP contribution is 2.10. The molecule has 1 atom stereocenters. The minimum atomic E-state index is -0.938. The number of carbonyl (C=O) groups excluding carboxylic acids is 2. The van der Waals surface area contributed by atoms with Crippen LogP contribution in [0.1, 0.15) is 22.8 Å². The number of amides is 1. The minimum absolute atomic E-state index is 0.336. The minimum Gasteiger partial charge on any atom is -0.449 e. The SMILES string of the molecule is Cc1ccnc(NC(=O)C(C)OC(=O)c2ccc(N)cc2)c1. The Morgan fingerprint density at radius 2 is 1.91 bits per heavy atom. The number of nitrogens with two attached hydrogens (primary N) is 1. The molecule has 114 valence electrons. The van der Waals surface area contributed by atoms with Crippen LogP contribution in [0.2, 0.25) is 0 Å².